The molecule has 0 unspecified atom stereocenters. The molecule has 0 atom stereocenters. The molecule has 0 heterocycles. The third-order valence-electron chi connectivity index (χ3n) is 2.75. The Bertz CT molecular complexity index is 670. The minimum Gasteiger partial charge on any atom is -0.484 e. The summed E-state index contributed by atoms with van der Waals surface area (Å²) in [5.74, 6) is -0.172. The van der Waals surface area contributed by atoms with E-state index in [4.69, 9.17) is 4.74 Å². The number of carbonyl (C=O) groups is 2. The van der Waals surface area contributed by atoms with E-state index in [1.807, 2.05) is 12.1 Å². The van der Waals surface area contributed by atoms with Gasteiger partial charge in [0, 0.05) is 10.2 Å². The molecule has 0 saturated carbocycles. The van der Waals surface area contributed by atoms with Gasteiger partial charge >= 0.3 is 5.97 Å². The van der Waals surface area contributed by atoms with Crippen molar-refractivity contribution in [3.8, 4) is 5.75 Å². The molecular weight excluding hydrogens is 350 g/mol. The van der Waals surface area contributed by atoms with E-state index < -0.39 is 5.97 Å². The maximum Gasteiger partial charge on any atom is 0.337 e. The van der Waals surface area contributed by atoms with E-state index in [1.165, 1.54) is 7.11 Å². The predicted octanol–water partition coefficient (Wildman–Crippen LogP) is 3.25. The Morgan fingerprint density at radius 1 is 1.14 bits per heavy atom. The van der Waals surface area contributed by atoms with E-state index >= 15 is 0 Å². The first-order chi connectivity index (χ1) is 10.6. The molecule has 0 radical (unpaired) electrons. The molecular formula is C16H14BrNO4. The molecule has 6 heteroatoms. The quantitative estimate of drug-likeness (QED) is 0.828. The van der Waals surface area contributed by atoms with Crippen molar-refractivity contribution in [2.75, 3.05) is 19.0 Å². The van der Waals surface area contributed by atoms with Gasteiger partial charge in [-0.25, -0.2) is 4.79 Å². The van der Waals surface area contributed by atoms with Gasteiger partial charge in [0.25, 0.3) is 5.91 Å². The summed E-state index contributed by atoms with van der Waals surface area (Å²) < 4.78 is 10.9. The van der Waals surface area contributed by atoms with Crippen LogP contribution in [0.25, 0.3) is 0 Å². The number of halogens is 1. The van der Waals surface area contributed by atoms with Gasteiger partial charge in [0.15, 0.2) is 6.61 Å². The van der Waals surface area contributed by atoms with Gasteiger partial charge in [0.05, 0.1) is 12.7 Å². The molecule has 0 saturated heterocycles. The van der Waals surface area contributed by atoms with Crippen LogP contribution in [0, 0.1) is 0 Å². The predicted molar refractivity (Wildman–Crippen MR) is 86.0 cm³/mol. The summed E-state index contributed by atoms with van der Waals surface area (Å²) in [5.41, 5.74) is 0.876. The van der Waals surface area contributed by atoms with Crippen LogP contribution in [0.15, 0.2) is 53.0 Å². The van der Waals surface area contributed by atoms with E-state index in [1.54, 1.807) is 36.4 Å². The summed E-state index contributed by atoms with van der Waals surface area (Å²) in [6.45, 7) is -0.121. The molecule has 0 aliphatic rings. The lowest BCUT2D eigenvalue weighted by Crippen LogP contribution is -2.20. The Hall–Kier alpha value is -2.34. The first-order valence-corrected chi connectivity index (χ1v) is 7.24. The monoisotopic (exact) mass is 363 g/mol. The maximum atomic E-state index is 11.8. The minimum atomic E-state index is -0.456. The fourth-order valence-corrected chi connectivity index (χ4v) is 1.98. The topological polar surface area (TPSA) is 64.6 Å². The van der Waals surface area contributed by atoms with Crippen molar-refractivity contribution in [3.63, 3.8) is 0 Å². The number of rotatable bonds is 5. The number of benzene rings is 2. The third-order valence-corrected chi connectivity index (χ3v) is 3.28. The van der Waals surface area contributed by atoms with Gasteiger partial charge in [-0.2, -0.15) is 0 Å². The number of nitrogens with one attached hydrogen (secondary N) is 1. The number of hydrogen-bond acceptors (Lipinski definition) is 4. The average Bonchev–Trinajstić information content (AvgIpc) is 2.54. The van der Waals surface area contributed by atoms with Crippen LogP contribution >= 0.6 is 15.9 Å². The second-order valence-corrected chi connectivity index (χ2v) is 5.28. The largest absolute Gasteiger partial charge is 0.484 e. The highest BCUT2D eigenvalue weighted by Crippen LogP contribution is 2.16. The molecule has 1 amide bonds. The normalized spacial score (nSPS) is 9.91. The summed E-state index contributed by atoms with van der Waals surface area (Å²) in [5, 5.41) is 2.66. The Morgan fingerprint density at radius 3 is 2.55 bits per heavy atom. The summed E-state index contributed by atoms with van der Waals surface area (Å²) in [6.07, 6.45) is 0. The first kappa shape index (κ1) is 16.0. The second-order valence-electron chi connectivity index (χ2n) is 4.36. The molecule has 0 fully saturated rings. The number of ether oxygens (including phenoxy) is 2. The smallest absolute Gasteiger partial charge is 0.337 e. The fraction of sp³-hybridized carbons (Fsp3) is 0.125. The van der Waals surface area contributed by atoms with Crippen LogP contribution in [0.4, 0.5) is 5.69 Å². The second kappa shape index (κ2) is 7.61. The van der Waals surface area contributed by atoms with E-state index in [-0.39, 0.29) is 12.5 Å². The Kier molecular flexibility index (Phi) is 5.55. The highest BCUT2D eigenvalue weighted by molar-refractivity contribution is 9.10. The highest BCUT2D eigenvalue weighted by atomic mass is 79.9. The van der Waals surface area contributed by atoms with Crippen LogP contribution in [-0.4, -0.2) is 25.6 Å². The molecule has 5 nitrogen and oxygen atoms in total. The number of amides is 1. The number of methoxy groups -OCH3 is 1. The molecule has 2 aromatic carbocycles. The van der Waals surface area contributed by atoms with Crippen molar-refractivity contribution in [3.05, 3.63) is 58.6 Å². The molecule has 1 N–H and O–H groups in total. The van der Waals surface area contributed by atoms with Gasteiger partial charge in [0.2, 0.25) is 0 Å². The van der Waals surface area contributed by atoms with Crippen molar-refractivity contribution >= 4 is 33.5 Å². The lowest BCUT2D eigenvalue weighted by Gasteiger charge is -2.08. The molecule has 0 aliphatic heterocycles. The van der Waals surface area contributed by atoms with Gasteiger partial charge in [-0.05, 0) is 42.5 Å². The molecule has 0 aliphatic carbocycles. The minimum absolute atomic E-state index is 0.121. The number of esters is 1. The maximum absolute atomic E-state index is 11.8. The average molecular weight is 364 g/mol. The lowest BCUT2D eigenvalue weighted by molar-refractivity contribution is -0.118. The summed E-state index contributed by atoms with van der Waals surface area (Å²) in [7, 11) is 1.31. The fourth-order valence-electron chi connectivity index (χ4n) is 1.72. The molecule has 0 aromatic heterocycles. The molecule has 0 bridgehead atoms. The molecule has 22 heavy (non-hydrogen) atoms. The van der Waals surface area contributed by atoms with Crippen LogP contribution in [0.1, 0.15) is 10.4 Å². The zero-order valence-corrected chi connectivity index (χ0v) is 13.4. The van der Waals surface area contributed by atoms with E-state index in [0.29, 0.717) is 17.0 Å². The standard InChI is InChI=1S/C16H14BrNO4/c1-21-16(20)11-3-2-4-13(9-11)18-15(19)10-22-14-7-5-12(17)6-8-14/h2-9H,10H2,1H3,(H,18,19). The summed E-state index contributed by atoms with van der Waals surface area (Å²) in [4.78, 5) is 23.3. The molecule has 2 aromatic rings. The van der Waals surface area contributed by atoms with E-state index in [2.05, 4.69) is 26.0 Å². The van der Waals surface area contributed by atoms with E-state index in [0.717, 1.165) is 4.47 Å². The molecule has 0 spiro atoms. The Morgan fingerprint density at radius 2 is 1.86 bits per heavy atom. The molecule has 114 valence electrons. The van der Waals surface area contributed by atoms with Gasteiger partial charge < -0.3 is 14.8 Å². The van der Waals surface area contributed by atoms with Crippen LogP contribution in [0.5, 0.6) is 5.75 Å². The summed E-state index contributed by atoms with van der Waals surface area (Å²) in [6, 6.07) is 13.7. The highest BCUT2D eigenvalue weighted by Gasteiger charge is 2.08. The Labute approximate surface area is 136 Å². The van der Waals surface area contributed by atoms with Crippen LogP contribution in [-0.2, 0) is 9.53 Å². The van der Waals surface area contributed by atoms with Crippen LogP contribution in [0.3, 0.4) is 0 Å². The van der Waals surface area contributed by atoms with Gasteiger partial charge in [-0.15, -0.1) is 0 Å². The molecule has 2 rings (SSSR count). The van der Waals surface area contributed by atoms with Gasteiger partial charge in [-0.3, -0.25) is 4.79 Å². The van der Waals surface area contributed by atoms with Crippen molar-refractivity contribution in [2.45, 2.75) is 0 Å². The zero-order chi connectivity index (χ0) is 15.9. The van der Waals surface area contributed by atoms with Crippen LogP contribution in [0.2, 0.25) is 0 Å². The number of hydrogen-bond donors (Lipinski definition) is 1. The van der Waals surface area contributed by atoms with Gasteiger partial charge in [-0.1, -0.05) is 22.0 Å². The van der Waals surface area contributed by atoms with Crippen molar-refractivity contribution < 1.29 is 19.1 Å². The first-order valence-electron chi connectivity index (χ1n) is 6.45. The summed E-state index contributed by atoms with van der Waals surface area (Å²) >= 11 is 3.32. The number of anilines is 1. The van der Waals surface area contributed by atoms with Crippen molar-refractivity contribution in [1.82, 2.24) is 0 Å². The third kappa shape index (κ3) is 4.60. The number of carbonyl (C=O) groups excluding carboxylic acids is 2. The van der Waals surface area contributed by atoms with Crippen LogP contribution < -0.4 is 10.1 Å². The Balaban J connectivity index is 1.91. The van der Waals surface area contributed by atoms with Crippen molar-refractivity contribution in [1.29, 1.82) is 0 Å². The van der Waals surface area contributed by atoms with Crippen molar-refractivity contribution in [2.24, 2.45) is 0 Å². The SMILES string of the molecule is COC(=O)c1cccc(NC(=O)COc2ccc(Br)cc2)c1. The van der Waals surface area contributed by atoms with E-state index in [9.17, 15) is 9.59 Å². The lowest BCUT2D eigenvalue weighted by atomic mass is 10.2. The zero-order valence-electron chi connectivity index (χ0n) is 11.8. The van der Waals surface area contributed by atoms with Gasteiger partial charge in [0.1, 0.15) is 5.75 Å².